The van der Waals surface area contributed by atoms with Crippen molar-refractivity contribution in [3.63, 3.8) is 0 Å². The number of nitrogens with zero attached hydrogens (tertiary/aromatic N) is 1. The van der Waals surface area contributed by atoms with Crippen molar-refractivity contribution in [3.05, 3.63) is 30.5 Å². The normalized spacial score (nSPS) is 10.3. The van der Waals surface area contributed by atoms with Gasteiger partial charge in [0.25, 0.3) is 0 Å². The average Bonchev–Trinajstić information content (AvgIpc) is 2.38. The summed E-state index contributed by atoms with van der Waals surface area (Å²) in [5.41, 5.74) is 0.908. The van der Waals surface area contributed by atoms with Crippen molar-refractivity contribution in [2.75, 3.05) is 13.7 Å². The number of methoxy groups -OCH3 is 1. The van der Waals surface area contributed by atoms with Crippen molar-refractivity contribution in [2.45, 2.75) is 11.8 Å². The number of thiocarbonyl (C=S) groups is 1. The van der Waals surface area contributed by atoms with Crippen LogP contribution in [0.5, 0.6) is 5.75 Å². The highest BCUT2D eigenvalue weighted by Crippen LogP contribution is 2.29. The van der Waals surface area contributed by atoms with Gasteiger partial charge in [-0.25, -0.2) is 0 Å². The minimum absolute atomic E-state index is 0.516. The molecule has 0 amide bonds. The fourth-order valence-corrected chi connectivity index (χ4v) is 2.70. The van der Waals surface area contributed by atoms with Crippen LogP contribution in [0.15, 0.2) is 35.4 Å². The first-order valence-corrected chi connectivity index (χ1v) is 6.74. The second-order valence-corrected chi connectivity index (χ2v) is 5.13. The molecule has 0 saturated heterocycles. The molecule has 18 heavy (non-hydrogen) atoms. The molecule has 0 bridgehead atoms. The Morgan fingerprint density at radius 3 is 3.00 bits per heavy atom. The van der Waals surface area contributed by atoms with E-state index in [4.69, 9.17) is 21.7 Å². The number of para-hydroxylation sites is 1. The van der Waals surface area contributed by atoms with Crippen LogP contribution in [0.2, 0.25) is 0 Å². The summed E-state index contributed by atoms with van der Waals surface area (Å²) < 4.78 is 11.0. The lowest BCUT2D eigenvalue weighted by molar-refractivity contribution is 0.346. The van der Waals surface area contributed by atoms with Gasteiger partial charge in [-0.1, -0.05) is 12.1 Å². The monoisotopic (exact) mass is 279 g/mol. The number of aromatic nitrogens is 1. The molecule has 1 aromatic heterocycles. The zero-order chi connectivity index (χ0) is 13.0. The first-order chi connectivity index (χ1) is 8.74. The molecule has 2 aromatic rings. The van der Waals surface area contributed by atoms with Gasteiger partial charge in [0.1, 0.15) is 5.75 Å². The van der Waals surface area contributed by atoms with Crippen LogP contribution in [0.25, 0.3) is 10.9 Å². The lowest BCUT2D eigenvalue weighted by atomic mass is 10.2. The van der Waals surface area contributed by atoms with E-state index in [-0.39, 0.29) is 0 Å². The SMILES string of the molecule is CCOC(=S)Sc1cccc2cc(OC)cnc12. The van der Waals surface area contributed by atoms with E-state index in [1.54, 1.807) is 13.3 Å². The molecule has 94 valence electrons. The Labute approximate surface area is 116 Å². The van der Waals surface area contributed by atoms with E-state index in [1.807, 2.05) is 31.2 Å². The lowest BCUT2D eigenvalue weighted by Gasteiger charge is -2.07. The number of hydrogen-bond acceptors (Lipinski definition) is 5. The molecular formula is C13H13NO2S2. The highest BCUT2D eigenvalue weighted by Gasteiger charge is 2.07. The number of fused-ring (bicyclic) bond motifs is 1. The number of rotatable bonds is 3. The van der Waals surface area contributed by atoms with E-state index >= 15 is 0 Å². The number of hydrogen-bond donors (Lipinski definition) is 0. The zero-order valence-corrected chi connectivity index (χ0v) is 11.8. The van der Waals surface area contributed by atoms with Crippen LogP contribution in [0, 0.1) is 0 Å². The van der Waals surface area contributed by atoms with Gasteiger partial charge in [0, 0.05) is 10.3 Å². The number of benzene rings is 1. The molecule has 2 rings (SSSR count). The highest BCUT2D eigenvalue weighted by atomic mass is 32.2. The van der Waals surface area contributed by atoms with Crippen LogP contribution in [-0.2, 0) is 4.74 Å². The van der Waals surface area contributed by atoms with E-state index < -0.39 is 0 Å². The van der Waals surface area contributed by atoms with Gasteiger partial charge in [0.05, 0.1) is 25.4 Å². The first kappa shape index (κ1) is 13.1. The molecule has 0 aliphatic heterocycles. The van der Waals surface area contributed by atoms with Gasteiger partial charge < -0.3 is 9.47 Å². The number of thioether (sulfide) groups is 1. The maximum absolute atomic E-state index is 5.28. The van der Waals surface area contributed by atoms with Crippen LogP contribution in [-0.4, -0.2) is 23.1 Å². The second kappa shape index (κ2) is 6.02. The Morgan fingerprint density at radius 1 is 1.44 bits per heavy atom. The molecule has 0 fully saturated rings. The van der Waals surface area contributed by atoms with Crippen molar-refractivity contribution in [2.24, 2.45) is 0 Å². The summed E-state index contributed by atoms with van der Waals surface area (Å²) >= 11 is 6.55. The molecule has 0 aliphatic carbocycles. The summed E-state index contributed by atoms with van der Waals surface area (Å²) in [6.45, 7) is 2.50. The van der Waals surface area contributed by atoms with Gasteiger partial charge in [0.2, 0.25) is 4.38 Å². The third-order valence-corrected chi connectivity index (χ3v) is 3.54. The second-order valence-electron chi connectivity index (χ2n) is 3.49. The lowest BCUT2D eigenvalue weighted by Crippen LogP contribution is -1.96. The Balaban J connectivity index is 2.36. The third-order valence-electron chi connectivity index (χ3n) is 2.34. The molecular weight excluding hydrogens is 266 g/mol. The van der Waals surface area contributed by atoms with Gasteiger partial charge in [-0.15, -0.1) is 0 Å². The Hall–Kier alpha value is -1.33. The Morgan fingerprint density at radius 2 is 2.28 bits per heavy atom. The van der Waals surface area contributed by atoms with E-state index in [0.29, 0.717) is 11.0 Å². The molecule has 0 unspecified atom stereocenters. The van der Waals surface area contributed by atoms with Crippen molar-refractivity contribution < 1.29 is 9.47 Å². The molecule has 1 aromatic carbocycles. The fraction of sp³-hybridized carbons (Fsp3) is 0.231. The predicted molar refractivity (Wildman–Crippen MR) is 78.4 cm³/mol. The minimum atomic E-state index is 0.516. The van der Waals surface area contributed by atoms with Crippen LogP contribution in [0.3, 0.4) is 0 Å². The van der Waals surface area contributed by atoms with Crippen molar-refractivity contribution >= 4 is 39.3 Å². The van der Waals surface area contributed by atoms with Gasteiger partial charge in [-0.2, -0.15) is 0 Å². The topological polar surface area (TPSA) is 31.4 Å². The summed E-state index contributed by atoms with van der Waals surface area (Å²) in [7, 11) is 1.63. The molecule has 1 heterocycles. The average molecular weight is 279 g/mol. The van der Waals surface area contributed by atoms with Crippen molar-refractivity contribution in [3.8, 4) is 5.75 Å². The summed E-state index contributed by atoms with van der Waals surface area (Å²) in [4.78, 5) is 5.40. The van der Waals surface area contributed by atoms with Crippen LogP contribution in [0.1, 0.15) is 6.92 Å². The standard InChI is InChI=1S/C13H13NO2S2/c1-3-16-13(17)18-11-6-4-5-9-7-10(15-2)8-14-12(9)11/h4-8H,3H2,1-2H3. The molecule has 3 nitrogen and oxygen atoms in total. The number of pyridine rings is 1. The largest absolute Gasteiger partial charge is 0.495 e. The first-order valence-electron chi connectivity index (χ1n) is 5.52. The van der Waals surface area contributed by atoms with Gasteiger partial charge >= 0.3 is 0 Å². The molecule has 0 spiro atoms. The minimum Gasteiger partial charge on any atom is -0.495 e. The molecule has 0 saturated carbocycles. The third kappa shape index (κ3) is 2.91. The predicted octanol–water partition coefficient (Wildman–Crippen LogP) is 3.66. The summed E-state index contributed by atoms with van der Waals surface area (Å²) in [5.74, 6) is 0.747. The fourth-order valence-electron chi connectivity index (χ4n) is 1.54. The van der Waals surface area contributed by atoms with E-state index in [1.165, 1.54) is 11.8 Å². The quantitative estimate of drug-likeness (QED) is 0.632. The Bertz CT molecular complexity index is 572. The summed E-state index contributed by atoms with van der Waals surface area (Å²) in [6, 6.07) is 7.91. The number of ether oxygens (including phenoxy) is 2. The maximum Gasteiger partial charge on any atom is 0.224 e. The summed E-state index contributed by atoms with van der Waals surface area (Å²) in [5, 5.41) is 1.03. The van der Waals surface area contributed by atoms with Crippen LogP contribution in [0.4, 0.5) is 0 Å². The van der Waals surface area contributed by atoms with Crippen LogP contribution >= 0.6 is 24.0 Å². The zero-order valence-electron chi connectivity index (χ0n) is 10.2. The van der Waals surface area contributed by atoms with Gasteiger partial charge in [-0.3, -0.25) is 4.98 Å². The van der Waals surface area contributed by atoms with E-state index in [9.17, 15) is 0 Å². The molecule has 0 aliphatic rings. The highest BCUT2D eigenvalue weighted by molar-refractivity contribution is 8.22. The van der Waals surface area contributed by atoms with E-state index in [2.05, 4.69) is 4.98 Å². The molecule has 0 atom stereocenters. The van der Waals surface area contributed by atoms with Crippen LogP contribution < -0.4 is 4.74 Å². The maximum atomic E-state index is 5.28. The molecule has 0 N–H and O–H groups in total. The molecule has 5 heteroatoms. The van der Waals surface area contributed by atoms with E-state index in [0.717, 1.165) is 21.5 Å². The van der Waals surface area contributed by atoms with Gasteiger partial charge in [-0.05, 0) is 43.0 Å². The smallest absolute Gasteiger partial charge is 0.224 e. The van der Waals surface area contributed by atoms with Crippen molar-refractivity contribution in [1.29, 1.82) is 0 Å². The summed E-state index contributed by atoms with van der Waals surface area (Å²) in [6.07, 6.45) is 1.70. The van der Waals surface area contributed by atoms with Crippen molar-refractivity contribution in [1.82, 2.24) is 4.98 Å². The van der Waals surface area contributed by atoms with Gasteiger partial charge in [0.15, 0.2) is 0 Å². The molecule has 0 radical (unpaired) electrons. The Kier molecular flexibility index (Phi) is 4.38.